The zero-order chi connectivity index (χ0) is 11.3. The molecule has 0 aliphatic carbocycles. The SMILES string of the molecule is CNCc1nc([C@@H](C)OCC(C)C)no1. The lowest BCUT2D eigenvalue weighted by Crippen LogP contribution is -2.08. The summed E-state index contributed by atoms with van der Waals surface area (Å²) in [6.45, 7) is 7.43. The van der Waals surface area contributed by atoms with Gasteiger partial charge in [-0.15, -0.1) is 0 Å². The van der Waals surface area contributed by atoms with Gasteiger partial charge in [-0.25, -0.2) is 0 Å². The third-order valence-corrected chi connectivity index (χ3v) is 1.85. The molecule has 0 aliphatic heterocycles. The van der Waals surface area contributed by atoms with Crippen LogP contribution in [0.5, 0.6) is 0 Å². The minimum atomic E-state index is -0.109. The van der Waals surface area contributed by atoms with E-state index in [1.165, 1.54) is 0 Å². The molecule has 1 aromatic heterocycles. The van der Waals surface area contributed by atoms with E-state index in [-0.39, 0.29) is 6.10 Å². The molecule has 1 rings (SSSR count). The third kappa shape index (κ3) is 3.97. The normalized spacial score (nSPS) is 13.4. The van der Waals surface area contributed by atoms with Crippen molar-refractivity contribution in [3.8, 4) is 0 Å². The van der Waals surface area contributed by atoms with Gasteiger partial charge in [-0.2, -0.15) is 4.98 Å². The number of nitrogens with one attached hydrogen (secondary N) is 1. The number of nitrogens with zero attached hydrogens (tertiary/aromatic N) is 2. The van der Waals surface area contributed by atoms with Crippen molar-refractivity contribution >= 4 is 0 Å². The summed E-state index contributed by atoms with van der Waals surface area (Å²) in [5.74, 6) is 1.71. The van der Waals surface area contributed by atoms with Gasteiger partial charge in [0.15, 0.2) is 5.82 Å². The first-order valence-electron chi connectivity index (χ1n) is 5.22. The molecule has 0 saturated heterocycles. The van der Waals surface area contributed by atoms with Crippen molar-refractivity contribution < 1.29 is 9.26 Å². The van der Waals surface area contributed by atoms with Crippen LogP contribution in [0.4, 0.5) is 0 Å². The first kappa shape index (κ1) is 12.1. The fourth-order valence-corrected chi connectivity index (χ4v) is 1.07. The number of hydrogen-bond acceptors (Lipinski definition) is 5. The minimum Gasteiger partial charge on any atom is -0.370 e. The Morgan fingerprint density at radius 2 is 2.13 bits per heavy atom. The molecule has 0 fully saturated rings. The van der Waals surface area contributed by atoms with Crippen LogP contribution >= 0.6 is 0 Å². The lowest BCUT2D eigenvalue weighted by Gasteiger charge is -2.10. The van der Waals surface area contributed by atoms with Gasteiger partial charge in [0, 0.05) is 6.61 Å². The Balaban J connectivity index is 2.46. The van der Waals surface area contributed by atoms with Gasteiger partial charge in [-0.3, -0.25) is 0 Å². The summed E-state index contributed by atoms with van der Waals surface area (Å²) in [5, 5.41) is 6.81. The summed E-state index contributed by atoms with van der Waals surface area (Å²) in [4.78, 5) is 4.21. The van der Waals surface area contributed by atoms with Crippen molar-refractivity contribution in [1.82, 2.24) is 15.5 Å². The van der Waals surface area contributed by atoms with E-state index < -0.39 is 0 Å². The predicted molar refractivity (Wildman–Crippen MR) is 56.3 cm³/mol. The van der Waals surface area contributed by atoms with Crippen molar-refractivity contribution in [3.05, 3.63) is 11.7 Å². The number of aromatic nitrogens is 2. The van der Waals surface area contributed by atoms with Crippen molar-refractivity contribution in [2.45, 2.75) is 33.4 Å². The van der Waals surface area contributed by atoms with Gasteiger partial charge in [-0.05, 0) is 19.9 Å². The highest BCUT2D eigenvalue weighted by molar-refractivity contribution is 4.89. The van der Waals surface area contributed by atoms with E-state index in [0.717, 1.165) is 0 Å². The fourth-order valence-electron chi connectivity index (χ4n) is 1.07. The van der Waals surface area contributed by atoms with Crippen molar-refractivity contribution in [2.24, 2.45) is 5.92 Å². The Bertz CT molecular complexity index is 286. The van der Waals surface area contributed by atoms with E-state index in [4.69, 9.17) is 9.26 Å². The summed E-state index contributed by atoms with van der Waals surface area (Å²) < 4.78 is 10.6. The third-order valence-electron chi connectivity index (χ3n) is 1.85. The van der Waals surface area contributed by atoms with Gasteiger partial charge in [0.05, 0.1) is 6.54 Å². The second kappa shape index (κ2) is 5.82. The molecule has 0 amide bonds. The van der Waals surface area contributed by atoms with Crippen molar-refractivity contribution in [1.29, 1.82) is 0 Å². The maximum atomic E-state index is 5.58. The first-order valence-corrected chi connectivity index (χ1v) is 5.22. The summed E-state index contributed by atoms with van der Waals surface area (Å²) >= 11 is 0. The van der Waals surface area contributed by atoms with Crippen LogP contribution in [0.3, 0.4) is 0 Å². The lowest BCUT2D eigenvalue weighted by atomic mass is 10.2. The maximum Gasteiger partial charge on any atom is 0.240 e. The van der Waals surface area contributed by atoms with Crippen LogP contribution in [0.1, 0.15) is 38.6 Å². The van der Waals surface area contributed by atoms with Gasteiger partial charge in [0.2, 0.25) is 5.89 Å². The maximum absolute atomic E-state index is 5.58. The average Bonchev–Trinajstić information content (AvgIpc) is 2.63. The molecule has 1 aromatic rings. The second-order valence-electron chi connectivity index (χ2n) is 3.95. The molecule has 0 bridgehead atoms. The molecule has 0 unspecified atom stereocenters. The van der Waals surface area contributed by atoms with Crippen molar-refractivity contribution in [3.63, 3.8) is 0 Å². The van der Waals surface area contributed by atoms with E-state index >= 15 is 0 Å². The lowest BCUT2D eigenvalue weighted by molar-refractivity contribution is 0.0402. The molecule has 0 spiro atoms. The largest absolute Gasteiger partial charge is 0.370 e. The Labute approximate surface area is 90.2 Å². The molecule has 0 radical (unpaired) electrons. The summed E-state index contributed by atoms with van der Waals surface area (Å²) in [5.41, 5.74) is 0. The average molecular weight is 213 g/mol. The summed E-state index contributed by atoms with van der Waals surface area (Å²) in [6.07, 6.45) is -0.109. The molecule has 5 heteroatoms. The van der Waals surface area contributed by atoms with E-state index in [1.54, 1.807) is 0 Å². The topological polar surface area (TPSA) is 60.2 Å². The van der Waals surface area contributed by atoms with E-state index in [9.17, 15) is 0 Å². The predicted octanol–water partition coefficient (Wildman–Crippen LogP) is 1.52. The van der Waals surface area contributed by atoms with Crippen LogP contribution in [0.2, 0.25) is 0 Å². The molecular weight excluding hydrogens is 194 g/mol. The first-order chi connectivity index (χ1) is 7.13. The highest BCUT2D eigenvalue weighted by Crippen LogP contribution is 2.14. The highest BCUT2D eigenvalue weighted by atomic mass is 16.5. The molecule has 0 saturated carbocycles. The fraction of sp³-hybridized carbons (Fsp3) is 0.800. The van der Waals surface area contributed by atoms with Crippen LogP contribution in [0.25, 0.3) is 0 Å². The smallest absolute Gasteiger partial charge is 0.240 e. The minimum absolute atomic E-state index is 0.109. The van der Waals surface area contributed by atoms with Crippen LogP contribution in [0.15, 0.2) is 4.52 Å². The Morgan fingerprint density at radius 1 is 1.40 bits per heavy atom. The Kier molecular flexibility index (Phi) is 4.71. The highest BCUT2D eigenvalue weighted by Gasteiger charge is 2.14. The Morgan fingerprint density at radius 3 is 2.73 bits per heavy atom. The van der Waals surface area contributed by atoms with E-state index in [2.05, 4.69) is 29.3 Å². The molecule has 1 N–H and O–H groups in total. The van der Waals surface area contributed by atoms with Crippen LogP contribution in [0, 0.1) is 5.92 Å². The zero-order valence-electron chi connectivity index (χ0n) is 9.78. The number of ether oxygens (including phenoxy) is 1. The van der Waals surface area contributed by atoms with Crippen LogP contribution in [-0.2, 0) is 11.3 Å². The molecule has 86 valence electrons. The Hall–Kier alpha value is -0.940. The zero-order valence-corrected chi connectivity index (χ0v) is 9.78. The van der Waals surface area contributed by atoms with Crippen LogP contribution < -0.4 is 5.32 Å². The molecule has 0 aliphatic rings. The summed E-state index contributed by atoms with van der Waals surface area (Å²) in [6, 6.07) is 0. The standard InChI is InChI=1S/C10H19N3O2/c1-7(2)6-14-8(3)10-12-9(5-11-4)15-13-10/h7-8,11H,5-6H2,1-4H3/t8-/m1/s1. The van der Waals surface area contributed by atoms with E-state index in [0.29, 0.717) is 30.8 Å². The monoisotopic (exact) mass is 213 g/mol. The van der Waals surface area contributed by atoms with Crippen molar-refractivity contribution in [2.75, 3.05) is 13.7 Å². The number of rotatable bonds is 6. The van der Waals surface area contributed by atoms with Crippen LogP contribution in [-0.4, -0.2) is 23.8 Å². The molecule has 1 atom stereocenters. The quantitative estimate of drug-likeness (QED) is 0.776. The van der Waals surface area contributed by atoms with Gasteiger partial charge >= 0.3 is 0 Å². The van der Waals surface area contributed by atoms with E-state index in [1.807, 2.05) is 14.0 Å². The van der Waals surface area contributed by atoms with Gasteiger partial charge < -0.3 is 14.6 Å². The molecule has 1 heterocycles. The second-order valence-corrected chi connectivity index (χ2v) is 3.95. The molecule has 15 heavy (non-hydrogen) atoms. The molecule has 0 aromatic carbocycles. The van der Waals surface area contributed by atoms with Gasteiger partial charge in [0.25, 0.3) is 0 Å². The molecular formula is C10H19N3O2. The molecule has 5 nitrogen and oxygen atoms in total. The van der Waals surface area contributed by atoms with Gasteiger partial charge in [-0.1, -0.05) is 19.0 Å². The van der Waals surface area contributed by atoms with Gasteiger partial charge in [0.1, 0.15) is 6.10 Å². The number of hydrogen-bond donors (Lipinski definition) is 1. The summed E-state index contributed by atoms with van der Waals surface area (Å²) in [7, 11) is 1.84.